The third-order valence-electron chi connectivity index (χ3n) is 6.96. The van der Waals surface area contributed by atoms with E-state index in [1.54, 1.807) is 0 Å². The Balaban J connectivity index is 1.80. The van der Waals surface area contributed by atoms with Crippen LogP contribution in [0.3, 0.4) is 0 Å². The molecule has 0 fully saturated rings. The molecule has 146 valence electrons. The minimum Gasteiger partial charge on any atom is -0.606 e. The molecule has 0 N–H and O–H groups in total. The van der Waals surface area contributed by atoms with Crippen molar-refractivity contribution in [3.05, 3.63) is 70.9 Å². The molecular weight excluding hydrogens is 457 g/mol. The van der Waals surface area contributed by atoms with Crippen molar-refractivity contribution in [2.75, 3.05) is 5.01 Å². The van der Waals surface area contributed by atoms with E-state index in [0.29, 0.717) is 6.04 Å². The van der Waals surface area contributed by atoms with E-state index >= 15 is 0 Å². The van der Waals surface area contributed by atoms with Crippen molar-refractivity contribution in [3.63, 3.8) is 0 Å². The maximum Gasteiger partial charge on any atom is 0.0608 e. The van der Waals surface area contributed by atoms with Gasteiger partial charge in [-0.05, 0) is 72.3 Å². The van der Waals surface area contributed by atoms with E-state index in [2.05, 4.69) is 108 Å². The molecule has 3 nitrogen and oxygen atoms in total. The van der Waals surface area contributed by atoms with Gasteiger partial charge in [0.05, 0.1) is 5.69 Å². The first-order valence-corrected chi connectivity index (χ1v) is 11.4. The normalized spacial score (nSPS) is 27.3. The summed E-state index contributed by atoms with van der Waals surface area (Å²) in [6, 6.07) is 14.3. The van der Waals surface area contributed by atoms with Gasteiger partial charge in [0.1, 0.15) is 0 Å². The lowest BCUT2D eigenvalue weighted by Crippen LogP contribution is -2.42. The summed E-state index contributed by atoms with van der Waals surface area (Å²) in [4.78, 5) is 0. The average Bonchev–Trinajstić information content (AvgIpc) is 3.27. The highest BCUT2D eigenvalue weighted by molar-refractivity contribution is 14.1. The summed E-state index contributed by atoms with van der Waals surface area (Å²) < 4.78 is 0.139. The van der Waals surface area contributed by atoms with Gasteiger partial charge in [-0.2, -0.15) is 0 Å². The molecule has 2 heterocycles. The Morgan fingerprint density at radius 2 is 1.89 bits per heavy atom. The van der Waals surface area contributed by atoms with Gasteiger partial charge in [-0.25, -0.2) is 0 Å². The van der Waals surface area contributed by atoms with Gasteiger partial charge in [-0.15, -0.1) is 6.20 Å². The Kier molecular flexibility index (Phi) is 4.12. The van der Waals surface area contributed by atoms with E-state index in [-0.39, 0.29) is 8.84 Å². The number of hydrogen-bond acceptors (Lipinski definition) is 2. The fraction of sp³-hybridized carbons (Fsp3) is 0.417. The summed E-state index contributed by atoms with van der Waals surface area (Å²) in [5, 5.41) is 4.44. The summed E-state index contributed by atoms with van der Waals surface area (Å²) in [6.07, 6.45) is 7.49. The molecule has 1 unspecified atom stereocenters. The fourth-order valence-corrected chi connectivity index (χ4v) is 5.89. The molecule has 3 aliphatic rings. The SMILES string of the molecule is CCC1(I)CC[C@@H](C)N2[N-]C=CN2c2cc3c(cc21)-c1ccccc1C3(C)C. The van der Waals surface area contributed by atoms with Crippen LogP contribution in [0.2, 0.25) is 0 Å². The van der Waals surface area contributed by atoms with Gasteiger partial charge in [0.15, 0.2) is 0 Å². The Morgan fingerprint density at radius 3 is 2.68 bits per heavy atom. The Bertz CT molecular complexity index is 980. The van der Waals surface area contributed by atoms with Gasteiger partial charge in [0.2, 0.25) is 0 Å². The van der Waals surface area contributed by atoms with Gasteiger partial charge < -0.3 is 5.43 Å². The molecule has 4 heteroatoms. The molecule has 0 radical (unpaired) electrons. The summed E-state index contributed by atoms with van der Waals surface area (Å²) in [5.74, 6) is 0. The molecule has 0 spiro atoms. The summed E-state index contributed by atoms with van der Waals surface area (Å²) in [6.45, 7) is 9.33. The predicted molar refractivity (Wildman–Crippen MR) is 126 cm³/mol. The minimum atomic E-state index is 0.0144. The van der Waals surface area contributed by atoms with Crippen LogP contribution in [0.4, 0.5) is 5.69 Å². The predicted octanol–water partition coefficient (Wildman–Crippen LogP) is 7.01. The number of hydrazine groups is 1. The maximum absolute atomic E-state index is 4.66. The first-order valence-electron chi connectivity index (χ1n) is 10.3. The molecule has 0 aromatic heterocycles. The quantitative estimate of drug-likeness (QED) is 0.321. The monoisotopic (exact) mass is 484 g/mol. The first kappa shape index (κ1) is 18.5. The third-order valence-corrected chi connectivity index (χ3v) is 8.84. The van der Waals surface area contributed by atoms with Gasteiger partial charge in [-0.1, -0.05) is 67.6 Å². The van der Waals surface area contributed by atoms with Crippen molar-refractivity contribution in [2.24, 2.45) is 0 Å². The van der Waals surface area contributed by atoms with E-state index in [0.717, 1.165) is 12.8 Å². The number of nitrogens with zero attached hydrogens (tertiary/aromatic N) is 3. The van der Waals surface area contributed by atoms with Gasteiger partial charge in [0.25, 0.3) is 0 Å². The maximum atomic E-state index is 4.66. The summed E-state index contributed by atoms with van der Waals surface area (Å²) in [7, 11) is 0. The van der Waals surface area contributed by atoms with Crippen molar-refractivity contribution in [3.8, 4) is 11.1 Å². The highest BCUT2D eigenvalue weighted by Crippen LogP contribution is 2.55. The van der Waals surface area contributed by atoms with Crippen LogP contribution >= 0.6 is 22.6 Å². The molecule has 0 bridgehead atoms. The first-order chi connectivity index (χ1) is 13.4. The molecule has 2 aromatic rings. The number of benzene rings is 2. The zero-order valence-corrected chi connectivity index (χ0v) is 19.2. The lowest BCUT2D eigenvalue weighted by molar-refractivity contribution is 0.256. The standard InChI is InChI=1S/C24H27IN3/c1-5-24(25)11-10-16(2)28-26-12-13-27(28)22-15-20-18(14-21(22)24)17-8-6-7-9-19(17)23(20,3)4/h6-9,12-16H,5,10-11H2,1-4H3/q-1/t16-,24?/m1/s1. The Hall–Kier alpha value is -1.53. The fourth-order valence-electron chi connectivity index (χ4n) is 5.14. The molecule has 1 aliphatic carbocycles. The second-order valence-corrected chi connectivity index (χ2v) is 10.9. The van der Waals surface area contributed by atoms with Crippen molar-refractivity contribution in [1.29, 1.82) is 0 Å². The molecule has 2 atom stereocenters. The Labute approximate surface area is 181 Å². The molecule has 28 heavy (non-hydrogen) atoms. The largest absolute Gasteiger partial charge is 0.606 e. The van der Waals surface area contributed by atoms with E-state index in [4.69, 9.17) is 0 Å². The number of alkyl halides is 1. The third kappa shape index (κ3) is 2.43. The van der Waals surface area contributed by atoms with Crippen molar-refractivity contribution >= 4 is 28.3 Å². The summed E-state index contributed by atoms with van der Waals surface area (Å²) >= 11 is 2.73. The molecule has 0 saturated carbocycles. The number of halogens is 1. The van der Waals surface area contributed by atoms with E-state index in [1.165, 1.54) is 39.9 Å². The van der Waals surface area contributed by atoms with Crippen LogP contribution < -0.4 is 5.01 Å². The lowest BCUT2D eigenvalue weighted by Gasteiger charge is -2.48. The topological polar surface area (TPSA) is 20.6 Å². The molecule has 0 amide bonds. The lowest BCUT2D eigenvalue weighted by atomic mass is 9.80. The van der Waals surface area contributed by atoms with Crippen LogP contribution in [0.1, 0.15) is 63.6 Å². The van der Waals surface area contributed by atoms with Crippen molar-refractivity contribution in [2.45, 2.75) is 61.8 Å². The highest BCUT2D eigenvalue weighted by atomic mass is 127. The van der Waals surface area contributed by atoms with Crippen LogP contribution in [-0.4, -0.2) is 11.2 Å². The second kappa shape index (κ2) is 6.23. The molecule has 2 aliphatic heterocycles. The average molecular weight is 484 g/mol. The molecular formula is C24H27IN3-. The van der Waals surface area contributed by atoms with E-state index < -0.39 is 0 Å². The van der Waals surface area contributed by atoms with Gasteiger partial charge in [0, 0.05) is 14.9 Å². The molecule has 5 rings (SSSR count). The summed E-state index contributed by atoms with van der Waals surface area (Å²) in [5.41, 5.74) is 13.1. The molecule has 0 saturated heterocycles. The second-order valence-electron chi connectivity index (χ2n) is 8.87. The van der Waals surface area contributed by atoms with Crippen molar-refractivity contribution < 1.29 is 0 Å². The van der Waals surface area contributed by atoms with Gasteiger partial charge in [-0.3, -0.25) is 10.1 Å². The van der Waals surface area contributed by atoms with Crippen LogP contribution in [0, 0.1) is 0 Å². The number of rotatable bonds is 1. The number of anilines is 1. The van der Waals surface area contributed by atoms with Crippen LogP contribution in [0.25, 0.3) is 16.6 Å². The van der Waals surface area contributed by atoms with Crippen LogP contribution in [0.5, 0.6) is 0 Å². The minimum absolute atomic E-state index is 0.0144. The Morgan fingerprint density at radius 1 is 1.11 bits per heavy atom. The molecule has 2 aromatic carbocycles. The smallest absolute Gasteiger partial charge is 0.0608 e. The number of fused-ring (bicyclic) bond motifs is 6. The van der Waals surface area contributed by atoms with E-state index in [9.17, 15) is 0 Å². The van der Waals surface area contributed by atoms with Crippen LogP contribution in [-0.2, 0) is 8.84 Å². The van der Waals surface area contributed by atoms with E-state index in [1.807, 2.05) is 6.20 Å². The van der Waals surface area contributed by atoms with Crippen molar-refractivity contribution in [1.82, 2.24) is 5.12 Å². The highest BCUT2D eigenvalue weighted by Gasteiger charge is 2.40. The van der Waals surface area contributed by atoms with Crippen LogP contribution in [0.15, 0.2) is 48.8 Å². The number of hydrogen-bond donors (Lipinski definition) is 0. The van der Waals surface area contributed by atoms with Gasteiger partial charge >= 0.3 is 0 Å². The zero-order valence-electron chi connectivity index (χ0n) is 17.0. The zero-order chi connectivity index (χ0) is 19.7.